The predicted molar refractivity (Wildman–Crippen MR) is 85.1 cm³/mol. The molecule has 2 rings (SSSR count). The number of hydrogen-bond acceptors (Lipinski definition) is 4. The summed E-state index contributed by atoms with van der Waals surface area (Å²) in [5, 5.41) is 16.1. The van der Waals surface area contributed by atoms with Crippen LogP contribution in [-0.4, -0.2) is 23.4 Å². The molecule has 7 heteroatoms. The molecule has 2 aromatic rings. The van der Waals surface area contributed by atoms with E-state index in [2.05, 4.69) is 10.6 Å². The van der Waals surface area contributed by atoms with Crippen LogP contribution in [0.2, 0.25) is 0 Å². The SMILES string of the molecule is CSc1cccc(NC(=O)NC(C(=O)O)c2cccs2)c1. The fourth-order valence-electron chi connectivity index (χ4n) is 1.71. The second-order valence-electron chi connectivity index (χ2n) is 4.12. The highest BCUT2D eigenvalue weighted by Gasteiger charge is 2.22. The van der Waals surface area contributed by atoms with Gasteiger partial charge in [-0.25, -0.2) is 9.59 Å². The van der Waals surface area contributed by atoms with Gasteiger partial charge in [0, 0.05) is 15.5 Å². The number of carboxylic acids is 1. The summed E-state index contributed by atoms with van der Waals surface area (Å²) in [4.78, 5) is 24.8. The van der Waals surface area contributed by atoms with Gasteiger partial charge in [0.25, 0.3) is 0 Å². The zero-order chi connectivity index (χ0) is 15.2. The fourth-order valence-corrected chi connectivity index (χ4v) is 2.94. The Bertz CT molecular complexity index is 629. The predicted octanol–water partition coefficient (Wildman–Crippen LogP) is 3.42. The molecule has 0 radical (unpaired) electrons. The van der Waals surface area contributed by atoms with E-state index in [4.69, 9.17) is 0 Å². The summed E-state index contributed by atoms with van der Waals surface area (Å²) in [6.07, 6.45) is 1.94. The van der Waals surface area contributed by atoms with E-state index in [9.17, 15) is 14.7 Å². The summed E-state index contributed by atoms with van der Waals surface area (Å²) >= 11 is 2.85. The lowest BCUT2D eigenvalue weighted by Crippen LogP contribution is -2.36. The van der Waals surface area contributed by atoms with E-state index in [0.717, 1.165) is 4.90 Å². The molecular weight excluding hydrogens is 308 g/mol. The lowest BCUT2D eigenvalue weighted by molar-refractivity contribution is -0.139. The third-order valence-corrected chi connectivity index (χ3v) is 4.34. The van der Waals surface area contributed by atoms with E-state index in [1.807, 2.05) is 24.5 Å². The molecule has 110 valence electrons. The molecule has 0 aliphatic carbocycles. The Morgan fingerprint density at radius 2 is 2.10 bits per heavy atom. The van der Waals surface area contributed by atoms with Crippen LogP contribution in [0, 0.1) is 0 Å². The lowest BCUT2D eigenvalue weighted by atomic mass is 10.2. The Morgan fingerprint density at radius 3 is 2.71 bits per heavy atom. The van der Waals surface area contributed by atoms with E-state index in [-0.39, 0.29) is 0 Å². The molecule has 1 heterocycles. The number of amides is 2. The van der Waals surface area contributed by atoms with Crippen molar-refractivity contribution in [2.24, 2.45) is 0 Å². The van der Waals surface area contributed by atoms with Crippen molar-refractivity contribution >= 4 is 40.8 Å². The number of aliphatic carboxylic acids is 1. The molecule has 1 aromatic heterocycles. The van der Waals surface area contributed by atoms with E-state index in [0.29, 0.717) is 10.6 Å². The van der Waals surface area contributed by atoms with E-state index in [1.54, 1.807) is 35.3 Å². The average Bonchev–Trinajstić information content (AvgIpc) is 2.98. The molecule has 0 saturated carbocycles. The van der Waals surface area contributed by atoms with Gasteiger partial charge in [-0.3, -0.25) is 0 Å². The minimum absolute atomic E-state index is 0.547. The Labute approximate surface area is 130 Å². The highest BCUT2D eigenvalue weighted by molar-refractivity contribution is 7.98. The first kappa shape index (κ1) is 15.4. The van der Waals surface area contributed by atoms with Crippen LogP contribution >= 0.6 is 23.1 Å². The van der Waals surface area contributed by atoms with Crippen LogP contribution in [-0.2, 0) is 4.79 Å². The fraction of sp³-hybridized carbons (Fsp3) is 0.143. The second kappa shape index (κ2) is 7.14. The summed E-state index contributed by atoms with van der Waals surface area (Å²) in [7, 11) is 0. The van der Waals surface area contributed by atoms with Crippen molar-refractivity contribution in [3.8, 4) is 0 Å². The van der Waals surface area contributed by atoms with Crippen LogP contribution in [0.15, 0.2) is 46.7 Å². The number of urea groups is 1. The molecule has 1 aromatic carbocycles. The molecule has 0 aliphatic heterocycles. The molecule has 1 atom stereocenters. The Hall–Kier alpha value is -1.99. The molecular formula is C14H14N2O3S2. The van der Waals surface area contributed by atoms with Crippen molar-refractivity contribution in [1.82, 2.24) is 5.32 Å². The van der Waals surface area contributed by atoms with Gasteiger partial charge in [-0.05, 0) is 35.9 Å². The largest absolute Gasteiger partial charge is 0.479 e. The quantitative estimate of drug-likeness (QED) is 0.737. The van der Waals surface area contributed by atoms with Gasteiger partial charge in [0.05, 0.1) is 0 Å². The van der Waals surface area contributed by atoms with Gasteiger partial charge >= 0.3 is 12.0 Å². The van der Waals surface area contributed by atoms with Crippen molar-refractivity contribution in [2.45, 2.75) is 10.9 Å². The summed E-state index contributed by atoms with van der Waals surface area (Å²) in [5.74, 6) is -1.09. The summed E-state index contributed by atoms with van der Waals surface area (Å²) < 4.78 is 0. The molecule has 0 saturated heterocycles. The maximum atomic E-state index is 11.9. The molecule has 0 bridgehead atoms. The Kier molecular flexibility index (Phi) is 5.24. The average molecular weight is 322 g/mol. The van der Waals surface area contributed by atoms with Crippen LogP contribution < -0.4 is 10.6 Å². The first-order valence-corrected chi connectivity index (χ1v) is 8.18. The van der Waals surface area contributed by atoms with Gasteiger partial charge in [-0.15, -0.1) is 23.1 Å². The molecule has 5 nitrogen and oxygen atoms in total. The summed E-state index contributed by atoms with van der Waals surface area (Å²) in [6, 6.07) is 9.17. The molecule has 2 amide bonds. The number of thioether (sulfide) groups is 1. The molecule has 1 unspecified atom stereocenters. The van der Waals surface area contributed by atoms with E-state index >= 15 is 0 Å². The number of anilines is 1. The minimum atomic E-state index is -1.09. The number of carbonyl (C=O) groups excluding carboxylic acids is 1. The third kappa shape index (κ3) is 4.24. The number of thiophene rings is 1. The number of hydrogen-bond donors (Lipinski definition) is 3. The molecule has 3 N–H and O–H groups in total. The van der Waals surface area contributed by atoms with Crippen molar-refractivity contribution in [3.05, 3.63) is 46.7 Å². The normalized spacial score (nSPS) is 11.7. The van der Waals surface area contributed by atoms with Gasteiger partial charge in [-0.1, -0.05) is 12.1 Å². The molecule has 0 spiro atoms. The number of carboxylic acid groups (broad SMARTS) is 1. The monoisotopic (exact) mass is 322 g/mol. The maximum absolute atomic E-state index is 11.9. The smallest absolute Gasteiger partial charge is 0.331 e. The third-order valence-electron chi connectivity index (χ3n) is 2.68. The zero-order valence-electron chi connectivity index (χ0n) is 11.2. The van der Waals surface area contributed by atoms with E-state index in [1.165, 1.54) is 11.3 Å². The molecule has 0 aliphatic rings. The van der Waals surface area contributed by atoms with Crippen molar-refractivity contribution in [3.63, 3.8) is 0 Å². The number of benzene rings is 1. The van der Waals surface area contributed by atoms with Gasteiger partial charge in [0.2, 0.25) is 0 Å². The highest BCUT2D eigenvalue weighted by Crippen LogP contribution is 2.21. The number of rotatable bonds is 5. The Balaban J connectivity index is 2.04. The summed E-state index contributed by atoms with van der Waals surface area (Å²) in [6.45, 7) is 0. The lowest BCUT2D eigenvalue weighted by Gasteiger charge is -2.14. The van der Waals surface area contributed by atoms with Crippen LogP contribution in [0.1, 0.15) is 10.9 Å². The van der Waals surface area contributed by atoms with E-state index < -0.39 is 18.0 Å². The molecule has 21 heavy (non-hydrogen) atoms. The van der Waals surface area contributed by atoms with Crippen LogP contribution in [0.5, 0.6) is 0 Å². The highest BCUT2D eigenvalue weighted by atomic mass is 32.2. The maximum Gasteiger partial charge on any atom is 0.331 e. The van der Waals surface area contributed by atoms with Gasteiger partial charge in [0.1, 0.15) is 0 Å². The second-order valence-corrected chi connectivity index (χ2v) is 5.98. The number of nitrogens with one attached hydrogen (secondary N) is 2. The zero-order valence-corrected chi connectivity index (χ0v) is 12.8. The van der Waals surface area contributed by atoms with Crippen LogP contribution in [0.25, 0.3) is 0 Å². The van der Waals surface area contributed by atoms with Crippen molar-refractivity contribution in [2.75, 3.05) is 11.6 Å². The first-order chi connectivity index (χ1) is 10.1. The van der Waals surface area contributed by atoms with Crippen LogP contribution in [0.3, 0.4) is 0 Å². The standard InChI is InChI=1S/C14H14N2O3S2/c1-20-10-5-2-4-9(8-10)15-14(19)16-12(13(17)18)11-6-3-7-21-11/h2-8,12H,1H3,(H,17,18)(H2,15,16,19). The molecule has 0 fully saturated rings. The van der Waals surface area contributed by atoms with Crippen molar-refractivity contribution < 1.29 is 14.7 Å². The van der Waals surface area contributed by atoms with Crippen LogP contribution in [0.4, 0.5) is 10.5 Å². The van der Waals surface area contributed by atoms with Gasteiger partial charge in [0.15, 0.2) is 6.04 Å². The summed E-state index contributed by atoms with van der Waals surface area (Å²) in [5.41, 5.74) is 0.620. The van der Waals surface area contributed by atoms with Gasteiger partial charge in [-0.2, -0.15) is 0 Å². The van der Waals surface area contributed by atoms with Gasteiger partial charge < -0.3 is 15.7 Å². The van der Waals surface area contributed by atoms with Crippen molar-refractivity contribution in [1.29, 1.82) is 0 Å². The topological polar surface area (TPSA) is 78.4 Å². The Morgan fingerprint density at radius 1 is 1.29 bits per heavy atom. The number of carbonyl (C=O) groups is 2. The first-order valence-electron chi connectivity index (χ1n) is 6.08. The minimum Gasteiger partial charge on any atom is -0.479 e.